The average molecular weight is 362 g/mol. The number of nitriles is 1. The number of hydrogen-bond acceptors (Lipinski definition) is 4. The van der Waals surface area contributed by atoms with Crippen molar-refractivity contribution in [2.45, 2.75) is 32.8 Å². The summed E-state index contributed by atoms with van der Waals surface area (Å²) in [5, 5.41) is 11.5. The molecule has 0 aromatic heterocycles. The van der Waals surface area contributed by atoms with E-state index < -0.39 is 18.0 Å². The van der Waals surface area contributed by atoms with Gasteiger partial charge >= 0.3 is 5.97 Å². The number of nitrogens with zero attached hydrogens (tertiary/aromatic N) is 1. The molecule has 0 radical (unpaired) electrons. The topological polar surface area (TPSA) is 79.2 Å². The lowest BCUT2D eigenvalue weighted by Crippen LogP contribution is -2.29. The number of esters is 1. The Kier molecular flexibility index (Phi) is 6.90. The number of ether oxygens (including phenoxy) is 1. The molecule has 0 saturated carbocycles. The number of benzene rings is 2. The van der Waals surface area contributed by atoms with E-state index in [0.29, 0.717) is 17.2 Å². The highest BCUT2D eigenvalue weighted by molar-refractivity contribution is 5.96. The van der Waals surface area contributed by atoms with E-state index in [9.17, 15) is 9.59 Å². The first kappa shape index (κ1) is 19.9. The van der Waals surface area contributed by atoms with Gasteiger partial charge in [-0.05, 0) is 54.3 Å². The molecule has 1 atom stereocenters. The maximum atomic E-state index is 12.2. The molecule has 0 bridgehead atoms. The monoisotopic (exact) mass is 362 g/mol. The maximum Gasteiger partial charge on any atom is 0.331 e. The average Bonchev–Trinajstić information content (AvgIpc) is 2.67. The summed E-state index contributed by atoms with van der Waals surface area (Å²) in [7, 11) is 0. The molecule has 2 rings (SSSR count). The van der Waals surface area contributed by atoms with Gasteiger partial charge in [-0.1, -0.05) is 38.1 Å². The molecule has 5 nitrogen and oxygen atoms in total. The molecule has 0 fully saturated rings. The van der Waals surface area contributed by atoms with Crippen molar-refractivity contribution in [2.75, 3.05) is 5.32 Å². The van der Waals surface area contributed by atoms with Crippen molar-refractivity contribution in [2.24, 2.45) is 0 Å². The number of nitrogens with one attached hydrogen (secondary N) is 1. The zero-order valence-electron chi connectivity index (χ0n) is 15.6. The van der Waals surface area contributed by atoms with E-state index in [1.165, 1.54) is 18.6 Å². The molecular formula is C22H22N2O3. The quantitative estimate of drug-likeness (QED) is 0.615. The van der Waals surface area contributed by atoms with Crippen molar-refractivity contribution in [3.63, 3.8) is 0 Å². The molecular weight excluding hydrogens is 340 g/mol. The highest BCUT2D eigenvalue weighted by Gasteiger charge is 2.16. The number of anilines is 1. The van der Waals surface area contributed by atoms with Crippen molar-refractivity contribution in [3.05, 3.63) is 71.3 Å². The summed E-state index contributed by atoms with van der Waals surface area (Å²) in [6.07, 6.45) is 1.90. The third-order valence-corrected chi connectivity index (χ3v) is 3.96. The van der Waals surface area contributed by atoms with Crippen LogP contribution in [0.15, 0.2) is 54.6 Å². The lowest BCUT2D eigenvalue weighted by molar-refractivity contribution is -0.148. The second-order valence-corrected chi connectivity index (χ2v) is 6.41. The van der Waals surface area contributed by atoms with Gasteiger partial charge < -0.3 is 10.1 Å². The second kappa shape index (κ2) is 9.35. The van der Waals surface area contributed by atoms with E-state index in [2.05, 4.69) is 19.2 Å². The third-order valence-electron chi connectivity index (χ3n) is 3.96. The molecule has 2 aromatic carbocycles. The molecule has 0 aliphatic heterocycles. The van der Waals surface area contributed by atoms with Gasteiger partial charge in [0.2, 0.25) is 0 Å². The fourth-order valence-electron chi connectivity index (χ4n) is 2.30. The molecule has 0 heterocycles. The Morgan fingerprint density at radius 3 is 2.22 bits per heavy atom. The molecule has 2 aromatic rings. The summed E-state index contributed by atoms with van der Waals surface area (Å²) in [6, 6.07) is 16.3. The Hall–Kier alpha value is -3.39. The van der Waals surface area contributed by atoms with Crippen LogP contribution in [0.4, 0.5) is 5.69 Å². The summed E-state index contributed by atoms with van der Waals surface area (Å²) < 4.78 is 5.12. The summed E-state index contributed by atoms with van der Waals surface area (Å²) in [6.45, 7) is 5.71. The predicted molar refractivity (Wildman–Crippen MR) is 105 cm³/mol. The van der Waals surface area contributed by atoms with Gasteiger partial charge in [-0.25, -0.2) is 4.79 Å². The molecule has 1 N–H and O–H groups in total. The molecule has 0 aliphatic rings. The normalized spacial score (nSPS) is 11.8. The molecule has 0 aliphatic carbocycles. The van der Waals surface area contributed by atoms with Crippen LogP contribution in [0.1, 0.15) is 43.4 Å². The van der Waals surface area contributed by atoms with Crippen molar-refractivity contribution in [1.29, 1.82) is 5.26 Å². The zero-order chi connectivity index (χ0) is 19.8. The highest BCUT2D eigenvalue weighted by Crippen LogP contribution is 2.17. The SMILES string of the molecule is CC(C)c1ccc(NC(=O)[C@@H](C)OC(=O)/C=C/c2ccc(C#N)cc2)cc1. The molecule has 0 saturated heterocycles. The van der Waals surface area contributed by atoms with Gasteiger partial charge in [0.15, 0.2) is 6.10 Å². The first-order valence-electron chi connectivity index (χ1n) is 8.68. The predicted octanol–water partition coefficient (Wildman–Crippen LogP) is 4.27. The molecule has 1 amide bonds. The summed E-state index contributed by atoms with van der Waals surface area (Å²) in [5.74, 6) is -0.595. The van der Waals surface area contributed by atoms with Crippen LogP contribution >= 0.6 is 0 Å². The van der Waals surface area contributed by atoms with Crippen LogP contribution in [0, 0.1) is 11.3 Å². The van der Waals surface area contributed by atoms with Crippen molar-refractivity contribution >= 4 is 23.6 Å². The number of hydrogen-bond donors (Lipinski definition) is 1. The number of carbonyl (C=O) groups is 2. The highest BCUT2D eigenvalue weighted by atomic mass is 16.5. The number of carbonyl (C=O) groups excluding carboxylic acids is 2. The van der Waals surface area contributed by atoms with Crippen molar-refractivity contribution in [3.8, 4) is 6.07 Å². The van der Waals surface area contributed by atoms with E-state index in [1.807, 2.05) is 30.3 Å². The fraction of sp³-hybridized carbons (Fsp3) is 0.227. The van der Waals surface area contributed by atoms with Gasteiger partial charge in [0.25, 0.3) is 5.91 Å². The zero-order valence-corrected chi connectivity index (χ0v) is 15.6. The molecule has 138 valence electrons. The van der Waals surface area contributed by atoms with Crippen LogP contribution in [0.5, 0.6) is 0 Å². The van der Waals surface area contributed by atoms with E-state index in [4.69, 9.17) is 10.00 Å². The van der Waals surface area contributed by atoms with Gasteiger partial charge in [-0.2, -0.15) is 5.26 Å². The van der Waals surface area contributed by atoms with Crippen LogP contribution in [-0.2, 0) is 14.3 Å². The van der Waals surface area contributed by atoms with Crippen molar-refractivity contribution in [1.82, 2.24) is 0 Å². The molecule has 27 heavy (non-hydrogen) atoms. The largest absolute Gasteiger partial charge is 0.449 e. The van der Waals surface area contributed by atoms with Gasteiger partial charge in [-0.3, -0.25) is 4.79 Å². The molecule has 5 heteroatoms. The van der Waals surface area contributed by atoms with Gasteiger partial charge in [0, 0.05) is 11.8 Å². The minimum atomic E-state index is -0.923. The second-order valence-electron chi connectivity index (χ2n) is 6.41. The van der Waals surface area contributed by atoms with E-state index >= 15 is 0 Å². The standard InChI is InChI=1S/C22H22N2O3/c1-15(2)19-9-11-20(12-10-19)24-22(26)16(3)27-21(25)13-8-17-4-6-18(14-23)7-5-17/h4-13,15-16H,1-3H3,(H,24,26)/b13-8+/t16-/m1/s1. The fourth-order valence-corrected chi connectivity index (χ4v) is 2.30. The van der Waals surface area contributed by atoms with E-state index in [1.54, 1.807) is 30.3 Å². The lowest BCUT2D eigenvalue weighted by atomic mass is 10.0. The van der Waals surface area contributed by atoms with Gasteiger partial charge in [-0.15, -0.1) is 0 Å². The lowest BCUT2D eigenvalue weighted by Gasteiger charge is -2.13. The maximum absolute atomic E-state index is 12.2. The van der Waals surface area contributed by atoms with Crippen LogP contribution < -0.4 is 5.32 Å². The first-order valence-corrected chi connectivity index (χ1v) is 8.68. The minimum absolute atomic E-state index is 0.396. The van der Waals surface area contributed by atoms with Crippen LogP contribution in [0.3, 0.4) is 0 Å². The smallest absolute Gasteiger partial charge is 0.331 e. The van der Waals surface area contributed by atoms with Crippen LogP contribution in [0.2, 0.25) is 0 Å². The number of amides is 1. The molecule has 0 unspecified atom stereocenters. The third kappa shape index (κ3) is 6.12. The Bertz CT molecular complexity index is 860. The Morgan fingerprint density at radius 2 is 1.67 bits per heavy atom. The first-order chi connectivity index (χ1) is 12.9. The summed E-state index contributed by atoms with van der Waals surface area (Å²) in [5.41, 5.74) is 3.13. The number of rotatable bonds is 6. The Labute approximate surface area is 159 Å². The van der Waals surface area contributed by atoms with Crippen molar-refractivity contribution < 1.29 is 14.3 Å². The van der Waals surface area contributed by atoms with E-state index in [-0.39, 0.29) is 0 Å². The summed E-state index contributed by atoms with van der Waals surface area (Å²) in [4.78, 5) is 24.1. The van der Waals surface area contributed by atoms with Gasteiger partial charge in [0.05, 0.1) is 11.6 Å². The van der Waals surface area contributed by atoms with E-state index in [0.717, 1.165) is 5.56 Å². The summed E-state index contributed by atoms with van der Waals surface area (Å²) >= 11 is 0. The molecule has 0 spiro atoms. The van der Waals surface area contributed by atoms with Gasteiger partial charge in [0.1, 0.15) is 0 Å². The van der Waals surface area contributed by atoms with Crippen LogP contribution in [-0.4, -0.2) is 18.0 Å². The Morgan fingerprint density at radius 1 is 1.04 bits per heavy atom. The van der Waals surface area contributed by atoms with Crippen LogP contribution in [0.25, 0.3) is 6.08 Å². The Balaban J connectivity index is 1.88. The minimum Gasteiger partial charge on any atom is -0.449 e.